The number of rotatable bonds is 6. The van der Waals surface area contributed by atoms with Gasteiger partial charge in [0.15, 0.2) is 0 Å². The Balaban J connectivity index is 0. The molecule has 0 saturated heterocycles. The number of hydrogen-bond donors (Lipinski definition) is 3. The SMILES string of the molecule is CCNC(C)O.COC.O=CNCc1ccc([N+](=O)[O-])cc1. The maximum atomic E-state index is 10.3. The first-order valence-electron chi connectivity index (χ1n) is 6.64. The highest BCUT2D eigenvalue weighted by atomic mass is 16.6. The van der Waals surface area contributed by atoms with Crippen LogP contribution in [0.4, 0.5) is 5.69 Å². The van der Waals surface area contributed by atoms with Crippen LogP contribution in [0.25, 0.3) is 0 Å². The highest BCUT2D eigenvalue weighted by molar-refractivity contribution is 5.46. The second-order valence-corrected chi connectivity index (χ2v) is 4.06. The number of carbonyl (C=O) groups is 1. The van der Waals surface area contributed by atoms with Gasteiger partial charge < -0.3 is 15.2 Å². The van der Waals surface area contributed by atoms with E-state index in [0.29, 0.717) is 13.0 Å². The minimum absolute atomic E-state index is 0.0508. The molecule has 0 aliphatic rings. The molecule has 1 unspecified atom stereocenters. The van der Waals surface area contributed by atoms with E-state index >= 15 is 0 Å². The van der Waals surface area contributed by atoms with Gasteiger partial charge in [-0.25, -0.2) is 0 Å². The molecule has 0 radical (unpaired) electrons. The number of nitro benzene ring substituents is 1. The number of carbonyl (C=O) groups excluding carboxylic acids is 1. The Labute approximate surface area is 130 Å². The predicted molar refractivity (Wildman–Crippen MR) is 84.3 cm³/mol. The lowest BCUT2D eigenvalue weighted by Crippen LogP contribution is -2.24. The molecule has 0 saturated carbocycles. The number of amides is 1. The van der Waals surface area contributed by atoms with E-state index in [0.717, 1.165) is 12.1 Å². The van der Waals surface area contributed by atoms with E-state index in [4.69, 9.17) is 5.11 Å². The molecule has 126 valence electrons. The van der Waals surface area contributed by atoms with Gasteiger partial charge in [0, 0.05) is 32.9 Å². The van der Waals surface area contributed by atoms with Gasteiger partial charge in [-0.15, -0.1) is 0 Å². The van der Waals surface area contributed by atoms with Crippen molar-refractivity contribution < 1.29 is 19.6 Å². The molecule has 0 aromatic heterocycles. The zero-order valence-electron chi connectivity index (χ0n) is 13.4. The summed E-state index contributed by atoms with van der Waals surface area (Å²) < 4.78 is 4.25. The summed E-state index contributed by atoms with van der Waals surface area (Å²) in [4.78, 5) is 19.7. The fraction of sp³-hybridized carbons (Fsp3) is 0.500. The fourth-order valence-corrected chi connectivity index (χ4v) is 1.19. The lowest BCUT2D eigenvalue weighted by Gasteiger charge is -2.00. The molecule has 3 N–H and O–H groups in total. The van der Waals surface area contributed by atoms with Crippen LogP contribution in [0.15, 0.2) is 24.3 Å². The number of benzene rings is 1. The van der Waals surface area contributed by atoms with Crippen LogP contribution in [0.1, 0.15) is 19.4 Å². The van der Waals surface area contributed by atoms with Gasteiger partial charge in [-0.05, 0) is 19.0 Å². The van der Waals surface area contributed by atoms with Crippen molar-refractivity contribution in [3.63, 3.8) is 0 Å². The van der Waals surface area contributed by atoms with E-state index in [1.165, 1.54) is 12.1 Å². The second-order valence-electron chi connectivity index (χ2n) is 4.06. The standard InChI is InChI=1S/C8H8N2O3.C4H11NO.C2H6O/c11-6-9-5-7-1-3-8(4-2-7)10(12)13;1-3-5-4(2)6;1-3-2/h1-4,6H,5H2,(H,9,11);4-6H,3H2,1-2H3;1-2H3. The van der Waals surface area contributed by atoms with Gasteiger partial charge in [0.2, 0.25) is 6.41 Å². The van der Waals surface area contributed by atoms with E-state index in [2.05, 4.69) is 15.4 Å². The van der Waals surface area contributed by atoms with Gasteiger partial charge in [0.25, 0.3) is 5.69 Å². The molecule has 8 heteroatoms. The Bertz CT molecular complexity index is 396. The van der Waals surface area contributed by atoms with Gasteiger partial charge in [-0.3, -0.25) is 20.2 Å². The highest BCUT2D eigenvalue weighted by Gasteiger charge is 2.02. The Kier molecular flexibility index (Phi) is 15.5. The number of ether oxygens (including phenoxy) is 1. The maximum Gasteiger partial charge on any atom is 0.269 e. The molecule has 0 bridgehead atoms. The molecule has 0 aliphatic carbocycles. The van der Waals surface area contributed by atoms with Crippen molar-refractivity contribution in [2.24, 2.45) is 0 Å². The average molecular weight is 315 g/mol. The van der Waals surface area contributed by atoms with Crippen LogP contribution in [-0.2, 0) is 16.1 Å². The average Bonchev–Trinajstić information content (AvgIpc) is 2.47. The summed E-state index contributed by atoms with van der Waals surface area (Å²) in [7, 11) is 3.25. The van der Waals surface area contributed by atoms with Crippen LogP contribution < -0.4 is 10.6 Å². The van der Waals surface area contributed by atoms with Gasteiger partial charge in [0.05, 0.1) is 4.92 Å². The smallest absolute Gasteiger partial charge is 0.269 e. The summed E-state index contributed by atoms with van der Waals surface area (Å²) in [5, 5.41) is 23.9. The number of nitro groups is 1. The third-order valence-corrected chi connectivity index (χ3v) is 2.04. The maximum absolute atomic E-state index is 10.3. The van der Waals surface area contributed by atoms with Crippen LogP contribution in [0, 0.1) is 10.1 Å². The monoisotopic (exact) mass is 315 g/mol. The molecular weight excluding hydrogens is 290 g/mol. The van der Waals surface area contributed by atoms with Crippen LogP contribution in [0.2, 0.25) is 0 Å². The Morgan fingerprint density at radius 1 is 1.36 bits per heavy atom. The number of nitrogens with zero attached hydrogens (tertiary/aromatic N) is 1. The van der Waals surface area contributed by atoms with E-state index in [9.17, 15) is 14.9 Å². The Morgan fingerprint density at radius 3 is 2.14 bits per heavy atom. The first-order chi connectivity index (χ1) is 10.4. The summed E-state index contributed by atoms with van der Waals surface area (Å²) in [5.74, 6) is 0. The van der Waals surface area contributed by atoms with Crippen LogP contribution in [-0.4, -0.2) is 43.4 Å². The third kappa shape index (κ3) is 14.4. The van der Waals surface area contributed by atoms with Crippen molar-refractivity contribution in [3.05, 3.63) is 39.9 Å². The zero-order valence-corrected chi connectivity index (χ0v) is 13.4. The largest absolute Gasteiger partial charge is 0.388 e. The molecule has 1 aromatic carbocycles. The summed E-state index contributed by atoms with van der Waals surface area (Å²) in [6, 6.07) is 6.02. The van der Waals surface area contributed by atoms with Gasteiger partial charge in [-0.2, -0.15) is 0 Å². The van der Waals surface area contributed by atoms with E-state index in [-0.39, 0.29) is 11.9 Å². The number of hydrogen-bond acceptors (Lipinski definition) is 6. The minimum atomic E-state index is -0.461. The van der Waals surface area contributed by atoms with Crippen molar-refractivity contribution in [2.75, 3.05) is 20.8 Å². The van der Waals surface area contributed by atoms with Gasteiger partial charge >= 0.3 is 0 Å². The zero-order chi connectivity index (χ0) is 17.4. The molecule has 1 aromatic rings. The fourth-order valence-electron chi connectivity index (χ4n) is 1.19. The normalized spacial score (nSPS) is 10.2. The van der Waals surface area contributed by atoms with Crippen molar-refractivity contribution in [1.29, 1.82) is 0 Å². The topological polar surface area (TPSA) is 114 Å². The van der Waals surface area contributed by atoms with Crippen LogP contribution in [0.3, 0.4) is 0 Å². The quantitative estimate of drug-likeness (QED) is 0.313. The third-order valence-electron chi connectivity index (χ3n) is 2.04. The lowest BCUT2D eigenvalue weighted by atomic mass is 10.2. The number of methoxy groups -OCH3 is 1. The molecule has 0 fully saturated rings. The van der Waals surface area contributed by atoms with Crippen LogP contribution >= 0.6 is 0 Å². The molecule has 1 atom stereocenters. The molecule has 1 amide bonds. The number of nitrogens with one attached hydrogen (secondary N) is 2. The van der Waals surface area contributed by atoms with E-state index in [1.807, 2.05) is 6.92 Å². The van der Waals surface area contributed by atoms with Crippen molar-refractivity contribution in [3.8, 4) is 0 Å². The number of aliphatic hydroxyl groups excluding tert-OH is 1. The number of non-ortho nitro benzene ring substituents is 1. The predicted octanol–water partition coefficient (Wildman–Crippen LogP) is 1.04. The Morgan fingerprint density at radius 2 is 1.86 bits per heavy atom. The van der Waals surface area contributed by atoms with E-state index in [1.54, 1.807) is 33.3 Å². The first kappa shape index (κ1) is 22.3. The Hall–Kier alpha value is -2.03. The van der Waals surface area contributed by atoms with Gasteiger partial charge in [-0.1, -0.05) is 19.1 Å². The lowest BCUT2D eigenvalue weighted by molar-refractivity contribution is -0.384. The van der Waals surface area contributed by atoms with Gasteiger partial charge in [0.1, 0.15) is 6.23 Å². The summed E-state index contributed by atoms with van der Waals surface area (Å²) in [6.45, 7) is 4.87. The first-order valence-corrected chi connectivity index (χ1v) is 6.64. The minimum Gasteiger partial charge on any atom is -0.388 e. The van der Waals surface area contributed by atoms with Crippen LogP contribution in [0.5, 0.6) is 0 Å². The molecule has 22 heavy (non-hydrogen) atoms. The van der Waals surface area contributed by atoms with E-state index < -0.39 is 4.92 Å². The van der Waals surface area contributed by atoms with Crippen molar-refractivity contribution in [2.45, 2.75) is 26.6 Å². The van der Waals surface area contributed by atoms with Crippen molar-refractivity contribution >= 4 is 12.1 Å². The molecule has 1 rings (SSSR count). The summed E-state index contributed by atoms with van der Waals surface area (Å²) in [5.41, 5.74) is 0.882. The second kappa shape index (κ2) is 15.4. The molecule has 0 spiro atoms. The molecule has 0 aliphatic heterocycles. The molecule has 8 nitrogen and oxygen atoms in total. The molecular formula is C14H25N3O5. The molecule has 0 heterocycles. The summed E-state index contributed by atoms with van der Waals surface area (Å²) in [6.07, 6.45) is 0.233. The highest BCUT2D eigenvalue weighted by Crippen LogP contribution is 2.11. The summed E-state index contributed by atoms with van der Waals surface area (Å²) >= 11 is 0. The number of aliphatic hydroxyl groups is 1. The van der Waals surface area contributed by atoms with Crippen molar-refractivity contribution in [1.82, 2.24) is 10.6 Å².